The van der Waals surface area contributed by atoms with Crippen LogP contribution in [0.3, 0.4) is 0 Å². The van der Waals surface area contributed by atoms with Gasteiger partial charge in [-0.15, -0.1) is 0 Å². The number of rotatable bonds is 3. The van der Waals surface area contributed by atoms with E-state index in [1.165, 1.54) is 6.04 Å². The largest absolute Gasteiger partial charge is 0.459 e. The van der Waals surface area contributed by atoms with Crippen LogP contribution >= 0.6 is 0 Å². The van der Waals surface area contributed by atoms with Crippen LogP contribution in [-0.4, -0.2) is 14.4 Å². The van der Waals surface area contributed by atoms with Crippen molar-refractivity contribution in [2.75, 3.05) is 0 Å². The van der Waals surface area contributed by atoms with E-state index in [4.69, 9.17) is 9.47 Å². The van der Waals surface area contributed by atoms with Crippen molar-refractivity contribution in [3.8, 4) is 0 Å². The Morgan fingerprint density at radius 3 is 2.18 bits per heavy atom. The summed E-state index contributed by atoms with van der Waals surface area (Å²) in [7, 11) is -0.913. The minimum absolute atomic E-state index is 0.00160. The minimum atomic E-state index is -0.913. The van der Waals surface area contributed by atoms with Gasteiger partial charge in [0.2, 0.25) is 6.29 Å². The summed E-state index contributed by atoms with van der Waals surface area (Å²) in [5, 5.41) is 0. The highest BCUT2D eigenvalue weighted by Crippen LogP contribution is 2.17. The maximum atomic E-state index is 5.17. The third-order valence-corrected chi connectivity index (χ3v) is 3.43. The molecule has 1 heterocycles. The van der Waals surface area contributed by atoms with Crippen LogP contribution in [0.2, 0.25) is 25.7 Å². The molecule has 64 valence electrons. The van der Waals surface area contributed by atoms with E-state index >= 15 is 0 Å². The Morgan fingerprint density at radius 2 is 1.73 bits per heavy atom. The molecule has 2 nitrogen and oxygen atoms in total. The van der Waals surface area contributed by atoms with E-state index in [0.717, 1.165) is 6.42 Å². The van der Waals surface area contributed by atoms with Gasteiger partial charge in [-0.3, -0.25) is 0 Å². The quantitative estimate of drug-likeness (QED) is 0.609. The van der Waals surface area contributed by atoms with E-state index in [0.29, 0.717) is 0 Å². The molecule has 1 aliphatic rings. The molecule has 0 spiro atoms. The van der Waals surface area contributed by atoms with Gasteiger partial charge in [0.1, 0.15) is 12.5 Å². The van der Waals surface area contributed by atoms with Gasteiger partial charge in [0.25, 0.3) is 0 Å². The van der Waals surface area contributed by atoms with E-state index in [-0.39, 0.29) is 6.29 Å². The molecule has 11 heavy (non-hydrogen) atoms. The Hall–Kier alpha value is -0.443. The predicted octanol–water partition coefficient (Wildman–Crippen LogP) is 2.56. The summed E-state index contributed by atoms with van der Waals surface area (Å²) in [6, 6.07) is 1.26. The van der Waals surface area contributed by atoms with E-state index < -0.39 is 8.07 Å². The lowest BCUT2D eigenvalue weighted by Gasteiger charge is -2.17. The summed E-state index contributed by atoms with van der Waals surface area (Å²) in [4.78, 5) is 0. The first-order valence-electron chi connectivity index (χ1n) is 4.04. The number of hydrogen-bond donors (Lipinski definition) is 0. The molecule has 0 radical (unpaired) electrons. The van der Waals surface area contributed by atoms with Gasteiger partial charge in [-0.25, -0.2) is 0 Å². The third-order valence-electron chi connectivity index (χ3n) is 1.65. The summed E-state index contributed by atoms with van der Waals surface area (Å²) >= 11 is 0. The molecule has 1 rings (SSSR count). The summed E-state index contributed by atoms with van der Waals surface area (Å²) < 4.78 is 10.3. The lowest BCUT2D eigenvalue weighted by molar-refractivity contribution is -0.0243. The first-order chi connectivity index (χ1) is 5.08. The standard InChI is InChI=1S/C8H16O2Si/c1-11(2,3)7-4-8-9-5-6-10-8/h5-6,8H,4,7H2,1-3H3. The highest BCUT2D eigenvalue weighted by atomic mass is 28.3. The summed E-state index contributed by atoms with van der Waals surface area (Å²) in [6.07, 6.45) is 4.27. The van der Waals surface area contributed by atoms with Crippen LogP contribution in [0.1, 0.15) is 6.42 Å². The molecule has 0 aromatic carbocycles. The molecular formula is C8H16O2Si. The Bertz CT molecular complexity index is 141. The molecule has 0 aromatic rings. The Labute approximate surface area is 69.2 Å². The van der Waals surface area contributed by atoms with Crippen molar-refractivity contribution in [1.82, 2.24) is 0 Å². The molecule has 3 heteroatoms. The fraction of sp³-hybridized carbons (Fsp3) is 0.750. The van der Waals surface area contributed by atoms with Gasteiger partial charge in [0, 0.05) is 14.5 Å². The van der Waals surface area contributed by atoms with Crippen LogP contribution in [0.25, 0.3) is 0 Å². The normalized spacial score (nSPS) is 18.1. The van der Waals surface area contributed by atoms with Gasteiger partial charge < -0.3 is 9.47 Å². The van der Waals surface area contributed by atoms with Gasteiger partial charge in [-0.05, 0) is 0 Å². The first kappa shape index (κ1) is 8.65. The molecule has 0 bridgehead atoms. The van der Waals surface area contributed by atoms with Crippen LogP contribution in [0.5, 0.6) is 0 Å². The average Bonchev–Trinajstić information content (AvgIpc) is 2.32. The minimum Gasteiger partial charge on any atom is -0.459 e. The average molecular weight is 172 g/mol. The van der Waals surface area contributed by atoms with Crippen LogP contribution in [0, 0.1) is 0 Å². The summed E-state index contributed by atoms with van der Waals surface area (Å²) in [5.41, 5.74) is 0. The molecule has 0 aromatic heterocycles. The third kappa shape index (κ3) is 3.46. The maximum absolute atomic E-state index is 5.17. The zero-order chi connectivity index (χ0) is 8.32. The molecule has 0 atom stereocenters. The topological polar surface area (TPSA) is 18.5 Å². The van der Waals surface area contributed by atoms with Gasteiger partial charge in [0.15, 0.2) is 0 Å². The highest BCUT2D eigenvalue weighted by Gasteiger charge is 2.18. The number of hydrogen-bond acceptors (Lipinski definition) is 2. The van der Waals surface area contributed by atoms with Crippen molar-refractivity contribution in [1.29, 1.82) is 0 Å². The van der Waals surface area contributed by atoms with Gasteiger partial charge in [-0.2, -0.15) is 0 Å². The fourth-order valence-corrected chi connectivity index (χ4v) is 2.06. The van der Waals surface area contributed by atoms with E-state index in [9.17, 15) is 0 Å². The monoisotopic (exact) mass is 172 g/mol. The maximum Gasteiger partial charge on any atom is 0.239 e. The first-order valence-corrected chi connectivity index (χ1v) is 7.75. The highest BCUT2D eigenvalue weighted by molar-refractivity contribution is 6.76. The second-order valence-corrected chi connectivity index (χ2v) is 9.69. The molecule has 0 saturated heterocycles. The lowest BCUT2D eigenvalue weighted by Crippen LogP contribution is -2.22. The number of ether oxygens (including phenoxy) is 2. The zero-order valence-corrected chi connectivity index (χ0v) is 8.46. The van der Waals surface area contributed by atoms with E-state index in [1.54, 1.807) is 12.5 Å². The molecule has 0 fully saturated rings. The van der Waals surface area contributed by atoms with Crippen LogP contribution in [-0.2, 0) is 9.47 Å². The van der Waals surface area contributed by atoms with Gasteiger partial charge in [0.05, 0.1) is 0 Å². The molecular weight excluding hydrogens is 156 g/mol. The molecule has 0 amide bonds. The fourth-order valence-electron chi connectivity index (χ4n) is 0.958. The SMILES string of the molecule is C[Si](C)(C)CCC1OC=CO1. The van der Waals surface area contributed by atoms with Crippen molar-refractivity contribution in [2.24, 2.45) is 0 Å². The van der Waals surface area contributed by atoms with Crippen molar-refractivity contribution in [3.05, 3.63) is 12.5 Å². The van der Waals surface area contributed by atoms with Crippen molar-refractivity contribution in [3.63, 3.8) is 0 Å². The molecule has 1 aliphatic heterocycles. The van der Waals surface area contributed by atoms with Crippen molar-refractivity contribution in [2.45, 2.75) is 38.4 Å². The smallest absolute Gasteiger partial charge is 0.239 e. The molecule has 0 saturated carbocycles. The summed E-state index contributed by atoms with van der Waals surface area (Å²) in [5.74, 6) is 0. The Morgan fingerprint density at radius 1 is 1.18 bits per heavy atom. The second kappa shape index (κ2) is 3.30. The lowest BCUT2D eigenvalue weighted by atomic mass is 10.5. The van der Waals surface area contributed by atoms with Gasteiger partial charge in [-0.1, -0.05) is 25.7 Å². The molecule has 0 aliphatic carbocycles. The molecule has 0 N–H and O–H groups in total. The van der Waals surface area contributed by atoms with Crippen LogP contribution in [0.15, 0.2) is 12.5 Å². The molecule has 0 unspecified atom stereocenters. The zero-order valence-electron chi connectivity index (χ0n) is 7.46. The predicted molar refractivity (Wildman–Crippen MR) is 47.9 cm³/mol. The van der Waals surface area contributed by atoms with Crippen molar-refractivity contribution < 1.29 is 9.47 Å². The van der Waals surface area contributed by atoms with Gasteiger partial charge >= 0.3 is 0 Å². The Balaban J connectivity index is 2.13. The van der Waals surface area contributed by atoms with E-state index in [2.05, 4.69) is 19.6 Å². The van der Waals surface area contributed by atoms with Crippen LogP contribution in [0.4, 0.5) is 0 Å². The second-order valence-electron chi connectivity index (χ2n) is 4.07. The van der Waals surface area contributed by atoms with E-state index in [1.807, 2.05) is 0 Å². The summed E-state index contributed by atoms with van der Waals surface area (Å²) in [6.45, 7) is 7.07. The Kier molecular flexibility index (Phi) is 2.60. The van der Waals surface area contributed by atoms with Crippen LogP contribution < -0.4 is 0 Å². The van der Waals surface area contributed by atoms with Crippen molar-refractivity contribution >= 4 is 8.07 Å².